The smallest absolute Gasteiger partial charge is 0.269 e. The van der Waals surface area contributed by atoms with Crippen molar-refractivity contribution in [1.29, 1.82) is 0 Å². The molecule has 38 heavy (non-hydrogen) atoms. The van der Waals surface area contributed by atoms with Gasteiger partial charge in [0.1, 0.15) is 0 Å². The first kappa shape index (κ1) is 29.2. The minimum atomic E-state index is -2.56. The lowest BCUT2D eigenvalue weighted by atomic mass is 10.0. The summed E-state index contributed by atoms with van der Waals surface area (Å²) in [5.74, 6) is 0. The molecule has 1 unspecified atom stereocenters. The van der Waals surface area contributed by atoms with Crippen LogP contribution in [0.1, 0.15) is 59.1 Å². The Morgan fingerprint density at radius 3 is 1.92 bits per heavy atom. The van der Waals surface area contributed by atoms with Gasteiger partial charge in [-0.15, -0.1) is 0 Å². The quantitative estimate of drug-likeness (QED) is 0.127. The minimum Gasteiger partial charge on any atom is -0.404 e. The van der Waals surface area contributed by atoms with Crippen molar-refractivity contribution in [1.82, 2.24) is 0 Å². The number of nitro groups is 1. The summed E-state index contributed by atoms with van der Waals surface area (Å²) in [6, 6.07) is 27.3. The number of benzene rings is 3. The van der Waals surface area contributed by atoms with E-state index in [0.29, 0.717) is 12.2 Å². The number of nitrogens with zero attached hydrogens (tertiary/aromatic N) is 1. The number of nitro benzene ring substituents is 1. The number of rotatable bonds is 11. The Balaban J connectivity index is 1.70. The van der Waals surface area contributed by atoms with E-state index in [1.54, 1.807) is 12.1 Å². The fraction of sp³-hybridized carbons (Fsp3) is 0.312. The number of hydrogen-bond donors (Lipinski definition) is 1. The zero-order valence-electron chi connectivity index (χ0n) is 23.1. The number of non-ortho nitro benzene ring substituents is 1. The van der Waals surface area contributed by atoms with E-state index in [2.05, 4.69) is 94.4 Å². The molecule has 3 rings (SSSR count). The fourth-order valence-corrected chi connectivity index (χ4v) is 9.34. The summed E-state index contributed by atoms with van der Waals surface area (Å²) in [4.78, 5) is 10.4. The Kier molecular flexibility index (Phi) is 9.97. The number of hydrogen-bond acceptors (Lipinski definition) is 4. The molecule has 0 aromatic heterocycles. The summed E-state index contributed by atoms with van der Waals surface area (Å²) in [5, 5.41) is 24.0. The largest absolute Gasteiger partial charge is 0.404 e. The summed E-state index contributed by atoms with van der Waals surface area (Å²) < 4.78 is 6.95. The van der Waals surface area contributed by atoms with Crippen molar-refractivity contribution in [3.8, 4) is 0 Å². The van der Waals surface area contributed by atoms with Crippen molar-refractivity contribution in [3.05, 3.63) is 124 Å². The molecule has 200 valence electrons. The van der Waals surface area contributed by atoms with E-state index in [1.807, 2.05) is 13.0 Å². The summed E-state index contributed by atoms with van der Waals surface area (Å²) >= 11 is 0. The summed E-state index contributed by atoms with van der Waals surface area (Å²) in [5.41, 5.74) is 2.73. The molecular weight excluding hydrogens is 490 g/mol. The lowest BCUT2D eigenvalue weighted by Gasteiger charge is -2.42. The average molecular weight is 530 g/mol. The van der Waals surface area contributed by atoms with Crippen molar-refractivity contribution in [2.24, 2.45) is 0 Å². The van der Waals surface area contributed by atoms with Gasteiger partial charge in [0.15, 0.2) is 0 Å². The van der Waals surface area contributed by atoms with Gasteiger partial charge in [-0.1, -0.05) is 99.2 Å². The Hall–Kier alpha value is -3.32. The van der Waals surface area contributed by atoms with E-state index in [-0.39, 0.29) is 10.7 Å². The predicted molar refractivity (Wildman–Crippen MR) is 158 cm³/mol. The van der Waals surface area contributed by atoms with Crippen LogP contribution in [-0.2, 0) is 4.43 Å². The van der Waals surface area contributed by atoms with E-state index >= 15 is 0 Å². The van der Waals surface area contributed by atoms with Crippen molar-refractivity contribution < 1.29 is 14.5 Å². The highest BCUT2D eigenvalue weighted by molar-refractivity contribution is 6.99. The zero-order valence-corrected chi connectivity index (χ0v) is 24.1. The summed E-state index contributed by atoms with van der Waals surface area (Å²) in [7, 11) is -2.56. The van der Waals surface area contributed by atoms with Crippen LogP contribution < -0.4 is 10.4 Å². The minimum absolute atomic E-state index is 0.0173. The van der Waals surface area contributed by atoms with Gasteiger partial charge < -0.3 is 9.53 Å². The molecule has 3 aromatic carbocycles. The molecule has 0 fully saturated rings. The molecule has 0 bridgehead atoms. The molecule has 1 atom stereocenters. The molecule has 0 aliphatic rings. The van der Waals surface area contributed by atoms with Crippen LogP contribution in [0.5, 0.6) is 0 Å². The maximum Gasteiger partial charge on any atom is 0.269 e. The van der Waals surface area contributed by atoms with E-state index in [4.69, 9.17) is 4.43 Å². The third-order valence-corrected chi connectivity index (χ3v) is 12.0. The van der Waals surface area contributed by atoms with Gasteiger partial charge in [0.05, 0.1) is 17.6 Å². The molecule has 0 saturated carbocycles. The normalized spacial score (nSPS) is 13.8. The van der Waals surface area contributed by atoms with Crippen LogP contribution in [0.3, 0.4) is 0 Å². The van der Waals surface area contributed by atoms with Crippen molar-refractivity contribution in [3.63, 3.8) is 0 Å². The van der Waals surface area contributed by atoms with Crippen LogP contribution in [0.25, 0.3) is 0 Å². The van der Waals surface area contributed by atoms with Crippen LogP contribution in [0.4, 0.5) is 5.69 Å². The number of allylic oxidation sites excluding steroid dienone is 2. The first-order valence-corrected chi connectivity index (χ1v) is 15.0. The van der Waals surface area contributed by atoms with Crippen LogP contribution in [0, 0.1) is 10.1 Å². The van der Waals surface area contributed by atoms with Gasteiger partial charge in [0, 0.05) is 12.1 Å². The highest BCUT2D eigenvalue weighted by Crippen LogP contribution is 2.36. The van der Waals surface area contributed by atoms with E-state index in [1.165, 1.54) is 28.1 Å². The summed E-state index contributed by atoms with van der Waals surface area (Å²) in [6.07, 6.45) is 5.08. The first-order valence-electron chi connectivity index (χ1n) is 13.1. The van der Waals surface area contributed by atoms with E-state index in [0.717, 1.165) is 18.4 Å². The molecule has 1 N–H and O–H groups in total. The highest BCUT2D eigenvalue weighted by Gasteiger charge is 2.49. The van der Waals surface area contributed by atoms with Crippen molar-refractivity contribution in [2.45, 2.75) is 58.6 Å². The van der Waals surface area contributed by atoms with Crippen LogP contribution in [0.2, 0.25) is 5.04 Å². The van der Waals surface area contributed by atoms with Crippen molar-refractivity contribution in [2.75, 3.05) is 6.61 Å². The third-order valence-electron chi connectivity index (χ3n) is 7.00. The molecular formula is C32H39NO4Si. The molecule has 0 heterocycles. The average Bonchev–Trinajstić information content (AvgIpc) is 2.91. The lowest BCUT2D eigenvalue weighted by Crippen LogP contribution is -2.66. The molecule has 0 radical (unpaired) electrons. The van der Waals surface area contributed by atoms with Crippen LogP contribution >= 0.6 is 0 Å². The predicted octanol–water partition coefficient (Wildman–Crippen LogP) is 6.88. The Bertz CT molecular complexity index is 1210. The topological polar surface area (TPSA) is 72.6 Å². The second-order valence-electron chi connectivity index (χ2n) is 10.8. The molecule has 0 amide bonds. The van der Waals surface area contributed by atoms with Gasteiger partial charge in [-0.3, -0.25) is 10.1 Å². The molecule has 0 spiro atoms. The van der Waals surface area contributed by atoms with Crippen LogP contribution in [-0.4, -0.2) is 25.0 Å². The fourth-order valence-electron chi connectivity index (χ4n) is 4.85. The zero-order chi connectivity index (χ0) is 27.8. The maximum absolute atomic E-state index is 10.9. The molecule has 0 saturated heterocycles. The van der Waals surface area contributed by atoms with Gasteiger partial charge in [-0.25, -0.2) is 0 Å². The molecule has 6 heteroatoms. The number of aliphatic hydroxyl groups is 1. The van der Waals surface area contributed by atoms with Gasteiger partial charge in [0.25, 0.3) is 14.0 Å². The highest BCUT2D eigenvalue weighted by atomic mass is 28.4. The second-order valence-corrected chi connectivity index (χ2v) is 15.1. The van der Waals surface area contributed by atoms with E-state index in [9.17, 15) is 15.2 Å². The van der Waals surface area contributed by atoms with Crippen LogP contribution in [0.15, 0.2) is 108 Å². The molecule has 0 aliphatic carbocycles. The number of aliphatic hydroxyl groups excluding tert-OH is 1. The molecule has 3 aromatic rings. The Morgan fingerprint density at radius 2 is 1.45 bits per heavy atom. The molecule has 0 aliphatic heterocycles. The summed E-state index contributed by atoms with van der Waals surface area (Å²) in [6.45, 7) is 11.4. The Morgan fingerprint density at radius 1 is 0.921 bits per heavy atom. The SMILES string of the molecule is C/C(=C/CC/C(C)=C/CO[Si](c1ccccc1)(c1ccccc1)C(C)(C)C)C(O)c1ccc([N+](=O)[O-])cc1. The molecule has 5 nitrogen and oxygen atoms in total. The Labute approximate surface area is 227 Å². The second kappa shape index (κ2) is 13.0. The third kappa shape index (κ3) is 6.95. The lowest BCUT2D eigenvalue weighted by molar-refractivity contribution is -0.384. The standard InChI is InChI=1S/C32H39NO4Si/c1-25(13-12-14-26(2)31(34)27-19-21-28(22-20-27)33(35)36)23-24-37-38(32(3,4)5,29-15-8-6-9-16-29)30-17-10-7-11-18-30/h6-11,14-23,31,34H,12-13,24H2,1-5H3/b25-23+,26-14-. The van der Waals surface area contributed by atoms with Gasteiger partial charge >= 0.3 is 0 Å². The van der Waals surface area contributed by atoms with Gasteiger partial charge in [-0.05, 0) is 65.4 Å². The van der Waals surface area contributed by atoms with E-state index < -0.39 is 19.3 Å². The maximum atomic E-state index is 10.9. The van der Waals surface area contributed by atoms with Gasteiger partial charge in [0.2, 0.25) is 0 Å². The monoisotopic (exact) mass is 529 g/mol. The van der Waals surface area contributed by atoms with Gasteiger partial charge in [-0.2, -0.15) is 0 Å². The first-order chi connectivity index (χ1) is 18.1. The van der Waals surface area contributed by atoms with Crippen molar-refractivity contribution >= 4 is 24.4 Å².